The van der Waals surface area contributed by atoms with Crippen molar-refractivity contribution in [3.8, 4) is 11.8 Å². The average Bonchev–Trinajstić information content (AvgIpc) is 3.03. The predicted octanol–water partition coefficient (Wildman–Crippen LogP) is 3.93. The molecule has 1 saturated carbocycles. The highest BCUT2D eigenvalue weighted by molar-refractivity contribution is 5.89. The number of ketones is 1. The molecule has 7 heteroatoms. The monoisotopic (exact) mass is 448 g/mol. The maximum Gasteiger partial charge on any atom is 0.305 e. The summed E-state index contributed by atoms with van der Waals surface area (Å²) in [6.07, 6.45) is 8.40. The van der Waals surface area contributed by atoms with Gasteiger partial charge in [-0.25, -0.2) is 0 Å². The van der Waals surface area contributed by atoms with Gasteiger partial charge < -0.3 is 14.2 Å². The minimum Gasteiger partial charge on any atom is -0.469 e. The fraction of sp³-hybridized carbons (Fsp3) is 0.680. The summed E-state index contributed by atoms with van der Waals surface area (Å²) in [5, 5.41) is 0. The molecule has 0 spiro atoms. The summed E-state index contributed by atoms with van der Waals surface area (Å²) in [5.74, 6) is 4.36. The molecule has 0 aromatic carbocycles. The van der Waals surface area contributed by atoms with E-state index < -0.39 is 12.1 Å². The van der Waals surface area contributed by atoms with Crippen molar-refractivity contribution in [3.63, 3.8) is 0 Å². The van der Waals surface area contributed by atoms with Crippen LogP contribution in [0.2, 0.25) is 0 Å². The van der Waals surface area contributed by atoms with E-state index in [2.05, 4.69) is 16.6 Å². The summed E-state index contributed by atoms with van der Waals surface area (Å²) in [6, 6.07) is 0. The Hall–Kier alpha value is -2.62. The zero-order valence-corrected chi connectivity index (χ0v) is 19.7. The van der Waals surface area contributed by atoms with Crippen molar-refractivity contribution in [1.82, 2.24) is 0 Å². The smallest absolute Gasteiger partial charge is 0.305 e. The zero-order valence-electron chi connectivity index (χ0n) is 19.7. The Morgan fingerprint density at radius 3 is 2.22 bits per heavy atom. The van der Waals surface area contributed by atoms with Crippen molar-refractivity contribution in [3.05, 3.63) is 12.2 Å². The number of carbonyl (C=O) groups is 4. The molecule has 0 saturated heterocycles. The molecule has 0 N–H and O–H groups in total. The molecule has 0 unspecified atom stereocenters. The van der Waals surface area contributed by atoms with Gasteiger partial charge in [0, 0.05) is 51.4 Å². The van der Waals surface area contributed by atoms with Gasteiger partial charge in [0.15, 0.2) is 5.78 Å². The Balaban J connectivity index is 2.82. The van der Waals surface area contributed by atoms with Crippen molar-refractivity contribution in [1.29, 1.82) is 0 Å². The lowest BCUT2D eigenvalue weighted by molar-refractivity contribution is -0.149. The third-order valence-electron chi connectivity index (χ3n) is 5.57. The Morgan fingerprint density at radius 2 is 1.59 bits per heavy atom. The van der Waals surface area contributed by atoms with Crippen molar-refractivity contribution >= 4 is 23.7 Å². The molecule has 7 nitrogen and oxygen atoms in total. The first kappa shape index (κ1) is 27.4. The number of hydrogen-bond donors (Lipinski definition) is 0. The number of rotatable bonds is 13. The highest BCUT2D eigenvalue weighted by Gasteiger charge is 2.45. The third-order valence-corrected chi connectivity index (χ3v) is 5.57. The standard InChI is InChI=1S/C25H36O7/c1-5-6-9-12-20(28)15-16-22-21(13-10-7-8-11-14-25(29)30-4)23(31-18(2)26)17-24(22)32-19(3)27/h15-16,21-24H,7-14,17H2,1-4H3/b16-15+/t21-,22-,23+,24-/m1/s1. The molecule has 0 bridgehead atoms. The van der Waals surface area contributed by atoms with E-state index in [1.54, 1.807) is 13.0 Å². The van der Waals surface area contributed by atoms with Crippen molar-refractivity contribution in [2.45, 2.75) is 90.8 Å². The predicted molar refractivity (Wildman–Crippen MR) is 119 cm³/mol. The van der Waals surface area contributed by atoms with Crippen LogP contribution >= 0.6 is 0 Å². The minimum absolute atomic E-state index is 0.0354. The topological polar surface area (TPSA) is 96.0 Å². The SMILES string of the molecule is CC#CCCC(=O)/C=C/[C@@H]1[C@@H](CCCCCCC(=O)OC)[C@@H](OC(C)=O)C[C@H]1OC(C)=O. The molecule has 0 aromatic heterocycles. The van der Waals surface area contributed by atoms with Crippen LogP contribution in [-0.2, 0) is 33.4 Å². The first-order valence-electron chi connectivity index (χ1n) is 11.3. The van der Waals surface area contributed by atoms with Crippen molar-refractivity contribution < 1.29 is 33.4 Å². The molecule has 0 aromatic rings. The second-order valence-electron chi connectivity index (χ2n) is 8.05. The summed E-state index contributed by atoms with van der Waals surface area (Å²) in [4.78, 5) is 46.7. The van der Waals surface area contributed by atoms with Gasteiger partial charge in [-0.2, -0.15) is 0 Å². The van der Waals surface area contributed by atoms with E-state index >= 15 is 0 Å². The second-order valence-corrected chi connectivity index (χ2v) is 8.05. The number of esters is 3. The molecule has 0 heterocycles. The quantitative estimate of drug-likeness (QED) is 0.138. The fourth-order valence-electron chi connectivity index (χ4n) is 4.14. The van der Waals surface area contributed by atoms with E-state index in [9.17, 15) is 19.2 Å². The largest absolute Gasteiger partial charge is 0.469 e. The van der Waals surface area contributed by atoms with E-state index in [0.717, 1.165) is 32.1 Å². The number of carbonyl (C=O) groups excluding carboxylic acids is 4. The fourth-order valence-corrected chi connectivity index (χ4v) is 4.14. The van der Waals surface area contributed by atoms with Crippen LogP contribution in [0, 0.1) is 23.7 Å². The molecule has 0 radical (unpaired) electrons. The Morgan fingerprint density at radius 1 is 0.938 bits per heavy atom. The number of hydrogen-bond acceptors (Lipinski definition) is 7. The highest BCUT2D eigenvalue weighted by Crippen LogP contribution is 2.40. The summed E-state index contributed by atoms with van der Waals surface area (Å²) in [6.45, 7) is 4.45. The van der Waals surface area contributed by atoms with Crippen molar-refractivity contribution in [2.75, 3.05) is 7.11 Å². The Bertz CT molecular complexity index is 728. The maximum absolute atomic E-state index is 12.2. The van der Waals surface area contributed by atoms with Crippen LogP contribution in [0.3, 0.4) is 0 Å². The molecular weight excluding hydrogens is 412 g/mol. The zero-order chi connectivity index (χ0) is 23.9. The van der Waals surface area contributed by atoms with Gasteiger partial charge in [-0.15, -0.1) is 11.8 Å². The molecule has 1 fully saturated rings. The average molecular weight is 449 g/mol. The van der Waals surface area contributed by atoms with Crippen LogP contribution in [-0.4, -0.2) is 43.0 Å². The van der Waals surface area contributed by atoms with Gasteiger partial charge in [0.05, 0.1) is 7.11 Å². The molecule has 0 amide bonds. The summed E-state index contributed by atoms with van der Waals surface area (Å²) >= 11 is 0. The van der Waals surface area contributed by atoms with Crippen LogP contribution < -0.4 is 0 Å². The number of methoxy groups -OCH3 is 1. The van der Waals surface area contributed by atoms with Crippen LogP contribution in [0.25, 0.3) is 0 Å². The third kappa shape index (κ3) is 10.6. The van der Waals surface area contributed by atoms with Crippen LogP contribution in [0.4, 0.5) is 0 Å². The van der Waals surface area contributed by atoms with Crippen LogP contribution in [0.15, 0.2) is 12.2 Å². The normalized spacial score (nSPS) is 22.1. The van der Waals surface area contributed by atoms with E-state index in [-0.39, 0.29) is 35.7 Å². The minimum atomic E-state index is -0.444. The molecule has 1 aliphatic rings. The number of allylic oxidation sites excluding steroid dienone is 1. The molecule has 0 aliphatic heterocycles. The highest BCUT2D eigenvalue weighted by atomic mass is 16.6. The lowest BCUT2D eigenvalue weighted by atomic mass is 9.87. The van der Waals surface area contributed by atoms with Gasteiger partial charge >= 0.3 is 17.9 Å². The van der Waals surface area contributed by atoms with Crippen LogP contribution in [0.1, 0.15) is 78.6 Å². The van der Waals surface area contributed by atoms with Gasteiger partial charge in [-0.05, 0) is 25.8 Å². The van der Waals surface area contributed by atoms with E-state index in [1.807, 2.05) is 0 Å². The molecule has 1 aliphatic carbocycles. The second kappa shape index (κ2) is 15.2. The first-order chi connectivity index (χ1) is 15.3. The number of ether oxygens (including phenoxy) is 3. The Labute approximate surface area is 191 Å². The van der Waals surface area contributed by atoms with Gasteiger partial charge in [0.25, 0.3) is 0 Å². The maximum atomic E-state index is 12.2. The van der Waals surface area contributed by atoms with E-state index in [0.29, 0.717) is 25.7 Å². The lowest BCUT2D eigenvalue weighted by Gasteiger charge is -2.24. The van der Waals surface area contributed by atoms with Crippen LogP contribution in [0.5, 0.6) is 0 Å². The molecular formula is C25H36O7. The lowest BCUT2D eigenvalue weighted by Crippen LogP contribution is -2.25. The van der Waals surface area contributed by atoms with Crippen molar-refractivity contribution in [2.24, 2.45) is 11.8 Å². The molecule has 4 atom stereocenters. The van der Waals surface area contributed by atoms with Gasteiger partial charge in [-0.3, -0.25) is 19.2 Å². The first-order valence-corrected chi connectivity index (χ1v) is 11.3. The van der Waals surface area contributed by atoms with Gasteiger partial charge in [0.1, 0.15) is 12.2 Å². The molecule has 32 heavy (non-hydrogen) atoms. The van der Waals surface area contributed by atoms with E-state index in [4.69, 9.17) is 9.47 Å². The van der Waals surface area contributed by atoms with E-state index in [1.165, 1.54) is 27.0 Å². The Kier molecular flexibility index (Phi) is 13.0. The summed E-state index contributed by atoms with van der Waals surface area (Å²) in [7, 11) is 1.38. The van der Waals surface area contributed by atoms with Gasteiger partial charge in [-0.1, -0.05) is 25.3 Å². The number of unbranched alkanes of at least 4 members (excludes halogenated alkanes) is 3. The molecule has 178 valence electrons. The molecule has 1 rings (SSSR count). The summed E-state index contributed by atoms with van der Waals surface area (Å²) in [5.41, 5.74) is 0. The summed E-state index contributed by atoms with van der Waals surface area (Å²) < 4.78 is 15.7. The van der Waals surface area contributed by atoms with Gasteiger partial charge in [0.2, 0.25) is 0 Å².